The lowest BCUT2D eigenvalue weighted by molar-refractivity contribution is 0.0593. The lowest BCUT2D eigenvalue weighted by Crippen LogP contribution is -2.31. The minimum absolute atomic E-state index is 0.123. The van der Waals surface area contributed by atoms with Crippen molar-refractivity contribution in [2.75, 3.05) is 19.8 Å². The molecule has 1 amide bonds. The molecule has 2 heterocycles. The van der Waals surface area contributed by atoms with E-state index in [1.54, 1.807) is 29.2 Å². The van der Waals surface area contributed by atoms with Gasteiger partial charge in [0.2, 0.25) is 5.76 Å². The fourth-order valence-corrected chi connectivity index (χ4v) is 4.21. The fourth-order valence-electron chi connectivity index (χ4n) is 4.21. The van der Waals surface area contributed by atoms with Gasteiger partial charge in [-0.1, -0.05) is 37.6 Å². The Balaban J connectivity index is 1.74. The monoisotopic (exact) mass is 449 g/mol. The summed E-state index contributed by atoms with van der Waals surface area (Å²) in [6.07, 6.45) is 2.80. The van der Waals surface area contributed by atoms with E-state index in [1.807, 2.05) is 38.1 Å². The molecule has 0 N–H and O–H groups in total. The number of amides is 1. The predicted octanol–water partition coefficient (Wildman–Crippen LogP) is 5.33. The van der Waals surface area contributed by atoms with Crippen molar-refractivity contribution in [3.8, 4) is 5.75 Å². The first-order valence-corrected chi connectivity index (χ1v) is 11.7. The van der Waals surface area contributed by atoms with Crippen molar-refractivity contribution in [1.29, 1.82) is 0 Å². The van der Waals surface area contributed by atoms with E-state index >= 15 is 0 Å². The molecule has 0 spiro atoms. The Morgan fingerprint density at radius 1 is 1.03 bits per heavy atom. The molecule has 1 aliphatic rings. The van der Waals surface area contributed by atoms with Crippen molar-refractivity contribution < 1.29 is 18.7 Å². The maximum absolute atomic E-state index is 13.5. The Bertz CT molecular complexity index is 1180. The number of hydrogen-bond acceptors (Lipinski definition) is 5. The van der Waals surface area contributed by atoms with Crippen LogP contribution in [0.3, 0.4) is 0 Å². The molecule has 174 valence electrons. The highest BCUT2D eigenvalue weighted by molar-refractivity contribution is 5.99. The quantitative estimate of drug-likeness (QED) is 0.391. The normalized spacial score (nSPS) is 15.5. The van der Waals surface area contributed by atoms with Crippen molar-refractivity contribution in [1.82, 2.24) is 4.90 Å². The Kier molecular flexibility index (Phi) is 7.14. The summed E-state index contributed by atoms with van der Waals surface area (Å²) in [6, 6.07) is 14.2. The van der Waals surface area contributed by atoms with Crippen LogP contribution in [0.25, 0.3) is 11.0 Å². The maximum Gasteiger partial charge on any atom is 0.290 e. The summed E-state index contributed by atoms with van der Waals surface area (Å²) in [6.45, 7) is 7.70. The van der Waals surface area contributed by atoms with Gasteiger partial charge >= 0.3 is 0 Å². The van der Waals surface area contributed by atoms with E-state index in [-0.39, 0.29) is 23.2 Å². The van der Waals surface area contributed by atoms with Gasteiger partial charge < -0.3 is 18.8 Å². The molecule has 0 saturated carbocycles. The molecule has 6 heteroatoms. The average molecular weight is 450 g/mol. The molecule has 3 aromatic rings. The molecule has 4 rings (SSSR count). The first-order valence-electron chi connectivity index (χ1n) is 11.7. The van der Waals surface area contributed by atoms with Crippen molar-refractivity contribution in [3.05, 3.63) is 75.6 Å². The molecular formula is C27H31NO5. The lowest BCUT2D eigenvalue weighted by Gasteiger charge is -2.25. The largest absolute Gasteiger partial charge is 0.494 e. The number of rotatable bonds is 10. The van der Waals surface area contributed by atoms with Crippen LogP contribution in [0.1, 0.15) is 67.8 Å². The molecule has 0 saturated heterocycles. The summed E-state index contributed by atoms with van der Waals surface area (Å²) in [5.74, 6) is 0.598. The van der Waals surface area contributed by atoms with Gasteiger partial charge in [0.1, 0.15) is 11.3 Å². The van der Waals surface area contributed by atoms with E-state index in [2.05, 4.69) is 6.92 Å². The molecule has 1 atom stereocenters. The molecule has 6 nitrogen and oxygen atoms in total. The average Bonchev–Trinajstić information content (AvgIpc) is 3.09. The van der Waals surface area contributed by atoms with E-state index in [9.17, 15) is 9.59 Å². The van der Waals surface area contributed by atoms with Crippen LogP contribution in [-0.2, 0) is 4.74 Å². The third-order valence-corrected chi connectivity index (χ3v) is 5.81. The molecule has 0 aliphatic carbocycles. The zero-order chi connectivity index (χ0) is 23.4. The van der Waals surface area contributed by atoms with Crippen LogP contribution < -0.4 is 10.2 Å². The van der Waals surface area contributed by atoms with Gasteiger partial charge in [0.25, 0.3) is 5.91 Å². The second kappa shape index (κ2) is 10.2. The number of para-hydroxylation sites is 1. The number of hydrogen-bond donors (Lipinski definition) is 0. The fraction of sp³-hybridized carbons (Fsp3) is 0.407. The zero-order valence-electron chi connectivity index (χ0n) is 19.5. The van der Waals surface area contributed by atoms with Gasteiger partial charge in [-0.3, -0.25) is 9.59 Å². The molecule has 1 unspecified atom stereocenters. The van der Waals surface area contributed by atoms with E-state index in [0.717, 1.165) is 24.2 Å². The third-order valence-electron chi connectivity index (χ3n) is 5.81. The van der Waals surface area contributed by atoms with Gasteiger partial charge in [-0.2, -0.15) is 0 Å². The summed E-state index contributed by atoms with van der Waals surface area (Å²) in [7, 11) is 0. The van der Waals surface area contributed by atoms with Gasteiger partial charge in [-0.05, 0) is 56.5 Å². The van der Waals surface area contributed by atoms with Gasteiger partial charge in [-0.15, -0.1) is 0 Å². The first-order chi connectivity index (χ1) is 16.0. The molecule has 33 heavy (non-hydrogen) atoms. The highest BCUT2D eigenvalue weighted by Gasteiger charge is 2.42. The van der Waals surface area contributed by atoms with Gasteiger partial charge in [0, 0.05) is 13.2 Å². The number of ether oxygens (including phenoxy) is 2. The molecule has 0 radical (unpaired) electrons. The van der Waals surface area contributed by atoms with Gasteiger partial charge in [0.05, 0.1) is 29.7 Å². The van der Waals surface area contributed by atoms with Crippen LogP contribution in [0.15, 0.2) is 57.7 Å². The number of nitrogens with zero attached hydrogens (tertiary/aromatic N) is 1. The number of carbonyl (C=O) groups is 1. The van der Waals surface area contributed by atoms with Crippen molar-refractivity contribution in [2.45, 2.75) is 52.2 Å². The highest BCUT2D eigenvalue weighted by atomic mass is 16.5. The topological polar surface area (TPSA) is 69.0 Å². The minimum atomic E-state index is -0.526. The van der Waals surface area contributed by atoms with Crippen molar-refractivity contribution in [3.63, 3.8) is 0 Å². The maximum atomic E-state index is 13.5. The van der Waals surface area contributed by atoms with Crippen LogP contribution >= 0.6 is 0 Å². The number of benzene rings is 2. The van der Waals surface area contributed by atoms with Crippen molar-refractivity contribution >= 4 is 16.9 Å². The second-order valence-corrected chi connectivity index (χ2v) is 8.62. The minimum Gasteiger partial charge on any atom is -0.494 e. The smallest absolute Gasteiger partial charge is 0.290 e. The number of carbonyl (C=O) groups excluding carboxylic acids is 1. The Morgan fingerprint density at radius 2 is 1.85 bits per heavy atom. The summed E-state index contributed by atoms with van der Waals surface area (Å²) in [4.78, 5) is 28.7. The van der Waals surface area contributed by atoms with Crippen LogP contribution in [0, 0.1) is 0 Å². The van der Waals surface area contributed by atoms with Crippen LogP contribution in [0.4, 0.5) is 0 Å². The summed E-state index contributed by atoms with van der Waals surface area (Å²) < 4.78 is 17.5. The Hall–Kier alpha value is -3.12. The Morgan fingerprint density at radius 3 is 2.64 bits per heavy atom. The zero-order valence-corrected chi connectivity index (χ0v) is 19.5. The molecule has 1 aromatic heterocycles. The van der Waals surface area contributed by atoms with Crippen LogP contribution in [-0.4, -0.2) is 36.7 Å². The van der Waals surface area contributed by atoms with Crippen LogP contribution in [0.5, 0.6) is 5.75 Å². The second-order valence-electron chi connectivity index (χ2n) is 8.62. The number of fused-ring (bicyclic) bond motifs is 2. The Labute approximate surface area is 194 Å². The molecule has 0 fully saturated rings. The van der Waals surface area contributed by atoms with E-state index < -0.39 is 6.04 Å². The summed E-state index contributed by atoms with van der Waals surface area (Å²) >= 11 is 0. The van der Waals surface area contributed by atoms with Gasteiger partial charge in [0.15, 0.2) is 5.43 Å². The summed E-state index contributed by atoms with van der Waals surface area (Å²) in [5.41, 5.74) is 1.50. The third kappa shape index (κ3) is 4.81. The number of unbranched alkanes of at least 4 members (excludes halogenated alkanes) is 1. The van der Waals surface area contributed by atoms with E-state index in [1.165, 1.54) is 0 Å². The standard InChI is InChI=1S/C27H31NO5/c1-4-5-15-32-20-11-8-10-19(17-20)24-23-25(29)21-12-6-7-13-22(21)33-26(23)27(30)28(24)14-9-16-31-18(2)3/h6-8,10-13,17-18,24H,4-5,9,14-16H2,1-3H3. The van der Waals surface area contributed by atoms with Crippen molar-refractivity contribution in [2.24, 2.45) is 0 Å². The lowest BCUT2D eigenvalue weighted by atomic mass is 9.98. The van der Waals surface area contributed by atoms with Crippen LogP contribution in [0.2, 0.25) is 0 Å². The highest BCUT2D eigenvalue weighted by Crippen LogP contribution is 2.39. The molecular weight excluding hydrogens is 418 g/mol. The molecule has 0 bridgehead atoms. The first kappa shape index (κ1) is 23.1. The van der Waals surface area contributed by atoms with E-state index in [0.29, 0.717) is 42.7 Å². The summed E-state index contributed by atoms with van der Waals surface area (Å²) in [5, 5.41) is 0.481. The predicted molar refractivity (Wildman–Crippen MR) is 128 cm³/mol. The SMILES string of the molecule is CCCCOc1cccc(C2c3c(oc4ccccc4c3=O)C(=O)N2CCCOC(C)C)c1. The van der Waals surface area contributed by atoms with Gasteiger partial charge in [-0.25, -0.2) is 0 Å². The van der Waals surface area contributed by atoms with E-state index in [4.69, 9.17) is 13.9 Å². The molecule has 2 aromatic carbocycles. The molecule has 1 aliphatic heterocycles.